The molecule has 2 N–H and O–H groups in total. The summed E-state index contributed by atoms with van der Waals surface area (Å²) in [7, 11) is -3.65. The minimum absolute atomic E-state index is 0.0988. The molecule has 1 aromatic heterocycles. The number of aryl methyl sites for hydroxylation is 1. The number of hydrogen-bond acceptors (Lipinski definition) is 4. The minimum Gasteiger partial charge on any atom is -0.480 e. The van der Waals surface area contributed by atoms with Crippen molar-refractivity contribution in [3.8, 4) is 0 Å². The van der Waals surface area contributed by atoms with Crippen LogP contribution in [0, 0.1) is 19.8 Å². The molecule has 1 aliphatic rings. The Morgan fingerprint density at radius 3 is 2.57 bits per heavy atom. The fraction of sp³-hybridized carbons (Fsp3) is 0.692. The van der Waals surface area contributed by atoms with Crippen LogP contribution in [-0.4, -0.2) is 35.8 Å². The first kappa shape index (κ1) is 16.0. The van der Waals surface area contributed by atoms with Crippen LogP contribution in [-0.2, 0) is 21.4 Å². The number of hydrogen-bond donors (Lipinski definition) is 2. The van der Waals surface area contributed by atoms with Crippen molar-refractivity contribution < 1.29 is 18.3 Å². The van der Waals surface area contributed by atoms with Gasteiger partial charge in [-0.15, -0.1) is 0 Å². The van der Waals surface area contributed by atoms with Gasteiger partial charge in [-0.3, -0.25) is 9.48 Å². The second-order valence-corrected chi connectivity index (χ2v) is 7.26. The maximum atomic E-state index is 12.4. The third-order valence-electron chi connectivity index (χ3n) is 3.91. The van der Waals surface area contributed by atoms with E-state index >= 15 is 0 Å². The van der Waals surface area contributed by atoms with Crippen LogP contribution in [0.4, 0.5) is 0 Å². The highest BCUT2D eigenvalue weighted by Gasteiger charge is 2.26. The molecule has 21 heavy (non-hydrogen) atoms. The van der Waals surface area contributed by atoms with Crippen molar-refractivity contribution in [2.24, 2.45) is 5.92 Å². The van der Waals surface area contributed by atoms with Crippen LogP contribution in [0.25, 0.3) is 0 Å². The summed E-state index contributed by atoms with van der Waals surface area (Å²) in [6, 6.07) is 0. The number of sulfonamides is 1. The number of carboxylic acids is 1. The van der Waals surface area contributed by atoms with Gasteiger partial charge in [0.05, 0.1) is 11.4 Å². The van der Waals surface area contributed by atoms with Gasteiger partial charge in [-0.05, 0) is 32.6 Å². The molecule has 1 aromatic rings. The lowest BCUT2D eigenvalue weighted by Crippen LogP contribution is -2.29. The van der Waals surface area contributed by atoms with E-state index in [1.807, 2.05) is 0 Å². The maximum Gasteiger partial charge on any atom is 0.325 e. The molecule has 7 nitrogen and oxygen atoms in total. The molecule has 8 heteroatoms. The Labute approximate surface area is 124 Å². The van der Waals surface area contributed by atoms with E-state index in [1.165, 1.54) is 4.68 Å². The molecule has 0 atom stereocenters. The van der Waals surface area contributed by atoms with Crippen LogP contribution in [0.1, 0.15) is 37.1 Å². The SMILES string of the molecule is Cc1nn(CC(=O)O)c(C)c1S(=O)(=O)NCC1CCCC1. The molecule has 0 radical (unpaired) electrons. The Hall–Kier alpha value is -1.41. The van der Waals surface area contributed by atoms with Gasteiger partial charge in [0.15, 0.2) is 0 Å². The molecule has 0 saturated heterocycles. The van der Waals surface area contributed by atoms with Crippen LogP contribution in [0.5, 0.6) is 0 Å². The van der Waals surface area contributed by atoms with Gasteiger partial charge < -0.3 is 5.11 Å². The first-order valence-electron chi connectivity index (χ1n) is 7.06. The molecular weight excluding hydrogens is 294 g/mol. The van der Waals surface area contributed by atoms with E-state index < -0.39 is 16.0 Å². The van der Waals surface area contributed by atoms with Gasteiger partial charge >= 0.3 is 5.97 Å². The Morgan fingerprint density at radius 2 is 2.00 bits per heavy atom. The summed E-state index contributed by atoms with van der Waals surface area (Å²) in [5.41, 5.74) is 0.682. The zero-order valence-electron chi connectivity index (χ0n) is 12.3. The molecule has 1 heterocycles. The molecule has 0 amide bonds. The first-order chi connectivity index (χ1) is 9.81. The van der Waals surface area contributed by atoms with Gasteiger partial charge in [0.2, 0.25) is 10.0 Å². The summed E-state index contributed by atoms with van der Waals surface area (Å²) < 4.78 is 28.7. The van der Waals surface area contributed by atoms with Crippen LogP contribution in [0.15, 0.2) is 4.90 Å². The second kappa shape index (κ2) is 6.15. The number of nitrogens with one attached hydrogen (secondary N) is 1. The van der Waals surface area contributed by atoms with Crippen LogP contribution in [0.2, 0.25) is 0 Å². The Bertz CT molecular complexity index is 630. The van der Waals surface area contributed by atoms with Crippen molar-refractivity contribution in [3.63, 3.8) is 0 Å². The molecule has 0 aromatic carbocycles. The van der Waals surface area contributed by atoms with Crippen molar-refractivity contribution >= 4 is 16.0 Å². The van der Waals surface area contributed by atoms with Gasteiger partial charge in [0.1, 0.15) is 11.4 Å². The lowest BCUT2D eigenvalue weighted by Gasteiger charge is -2.11. The third-order valence-corrected chi connectivity index (χ3v) is 5.58. The predicted molar refractivity (Wildman–Crippen MR) is 76.5 cm³/mol. The first-order valence-corrected chi connectivity index (χ1v) is 8.55. The fourth-order valence-corrected chi connectivity index (χ4v) is 4.39. The molecule has 118 valence electrons. The van der Waals surface area contributed by atoms with E-state index in [-0.39, 0.29) is 11.4 Å². The minimum atomic E-state index is -3.65. The lowest BCUT2D eigenvalue weighted by molar-refractivity contribution is -0.137. The molecule has 1 aliphatic carbocycles. The molecule has 0 spiro atoms. The summed E-state index contributed by atoms with van der Waals surface area (Å²) in [6.45, 7) is 3.25. The molecular formula is C13H21N3O4S. The number of aromatic nitrogens is 2. The van der Waals surface area contributed by atoms with Crippen molar-refractivity contribution in [1.82, 2.24) is 14.5 Å². The number of aliphatic carboxylic acids is 1. The number of carbonyl (C=O) groups is 1. The van der Waals surface area contributed by atoms with E-state index in [4.69, 9.17) is 5.11 Å². The van der Waals surface area contributed by atoms with Gasteiger partial charge in [-0.25, -0.2) is 13.1 Å². The standard InChI is InChI=1S/C13H21N3O4S/c1-9-13(10(2)16(15-9)8-12(17)18)21(19,20)14-7-11-5-3-4-6-11/h11,14H,3-8H2,1-2H3,(H,17,18). The molecule has 0 bridgehead atoms. The topological polar surface area (TPSA) is 101 Å². The lowest BCUT2D eigenvalue weighted by atomic mass is 10.1. The van der Waals surface area contributed by atoms with E-state index in [0.717, 1.165) is 25.7 Å². The molecule has 1 saturated carbocycles. The average molecular weight is 315 g/mol. The Morgan fingerprint density at radius 1 is 1.38 bits per heavy atom. The Kier molecular flexibility index (Phi) is 4.67. The summed E-state index contributed by atoms with van der Waals surface area (Å²) >= 11 is 0. The zero-order valence-corrected chi connectivity index (χ0v) is 13.1. The van der Waals surface area contributed by atoms with Crippen LogP contribution >= 0.6 is 0 Å². The molecule has 0 aliphatic heterocycles. The number of rotatable bonds is 6. The summed E-state index contributed by atoms with van der Waals surface area (Å²) in [5, 5.41) is 12.8. The molecule has 0 unspecified atom stereocenters. The van der Waals surface area contributed by atoms with Gasteiger partial charge in [0.25, 0.3) is 0 Å². The van der Waals surface area contributed by atoms with Crippen molar-refractivity contribution in [2.45, 2.75) is 51.0 Å². The maximum absolute atomic E-state index is 12.4. The summed E-state index contributed by atoms with van der Waals surface area (Å²) in [5.74, 6) is -0.655. The monoisotopic (exact) mass is 315 g/mol. The highest BCUT2D eigenvalue weighted by Crippen LogP contribution is 2.25. The predicted octanol–water partition coefficient (Wildman–Crippen LogP) is 1.05. The van der Waals surface area contributed by atoms with Crippen molar-refractivity contribution in [3.05, 3.63) is 11.4 Å². The largest absolute Gasteiger partial charge is 0.480 e. The number of carboxylic acid groups (broad SMARTS) is 1. The van der Waals surface area contributed by atoms with Crippen molar-refractivity contribution in [1.29, 1.82) is 0 Å². The zero-order chi connectivity index (χ0) is 15.6. The van der Waals surface area contributed by atoms with Gasteiger partial charge in [-0.1, -0.05) is 12.8 Å². The third kappa shape index (κ3) is 3.62. The highest BCUT2D eigenvalue weighted by molar-refractivity contribution is 7.89. The smallest absolute Gasteiger partial charge is 0.325 e. The van der Waals surface area contributed by atoms with Gasteiger partial charge in [0, 0.05) is 6.54 Å². The van der Waals surface area contributed by atoms with E-state index in [0.29, 0.717) is 23.9 Å². The summed E-state index contributed by atoms with van der Waals surface area (Å²) in [6.07, 6.45) is 4.42. The molecule has 1 fully saturated rings. The van der Waals surface area contributed by atoms with Crippen LogP contribution in [0.3, 0.4) is 0 Å². The summed E-state index contributed by atoms with van der Waals surface area (Å²) in [4.78, 5) is 10.9. The van der Waals surface area contributed by atoms with Crippen molar-refractivity contribution in [2.75, 3.05) is 6.54 Å². The van der Waals surface area contributed by atoms with E-state index in [1.54, 1.807) is 13.8 Å². The van der Waals surface area contributed by atoms with E-state index in [9.17, 15) is 13.2 Å². The quantitative estimate of drug-likeness (QED) is 0.817. The van der Waals surface area contributed by atoms with E-state index in [2.05, 4.69) is 9.82 Å². The number of nitrogens with zero attached hydrogens (tertiary/aromatic N) is 2. The van der Waals surface area contributed by atoms with Gasteiger partial charge in [-0.2, -0.15) is 5.10 Å². The molecule has 2 rings (SSSR count). The Balaban J connectivity index is 2.18. The van der Waals surface area contributed by atoms with Crippen LogP contribution < -0.4 is 4.72 Å². The highest BCUT2D eigenvalue weighted by atomic mass is 32.2. The normalized spacial score (nSPS) is 16.5. The average Bonchev–Trinajstić information content (AvgIpc) is 2.96. The fourth-order valence-electron chi connectivity index (χ4n) is 2.87. The second-order valence-electron chi connectivity index (χ2n) is 5.55.